The molecule has 1 amide bonds. The summed E-state index contributed by atoms with van der Waals surface area (Å²) in [6.45, 7) is 7.90. The first-order valence-corrected chi connectivity index (χ1v) is 9.34. The number of carbonyl (C=O) groups excluding carboxylic acids is 1. The van der Waals surface area contributed by atoms with Crippen LogP contribution in [0.5, 0.6) is 0 Å². The van der Waals surface area contributed by atoms with Gasteiger partial charge in [0.05, 0.1) is 5.75 Å². The third kappa shape index (κ3) is 3.25. The van der Waals surface area contributed by atoms with Gasteiger partial charge in [0.15, 0.2) is 14.7 Å². The van der Waals surface area contributed by atoms with Gasteiger partial charge < -0.3 is 9.64 Å². The number of ether oxygens (including phenoxy) is 1. The normalized spacial score (nSPS) is 24.2. The van der Waals surface area contributed by atoms with Crippen LogP contribution in [0.15, 0.2) is 10.7 Å². The Kier molecular flexibility index (Phi) is 4.66. The Hall–Kier alpha value is -1.04. The van der Waals surface area contributed by atoms with E-state index in [4.69, 9.17) is 4.74 Å². The molecule has 0 unspecified atom stereocenters. The summed E-state index contributed by atoms with van der Waals surface area (Å²) in [5.74, 6) is 0.0974. The maximum atomic E-state index is 12.9. The monoisotopic (exact) mass is 315 g/mol. The number of hydrogen-bond acceptors (Lipinski definition) is 4. The van der Waals surface area contributed by atoms with Crippen molar-refractivity contribution in [2.45, 2.75) is 59.0 Å². The molecule has 0 N–H and O–H groups in total. The zero-order chi connectivity index (χ0) is 15.8. The number of allylic oxidation sites excluding steroid dienone is 1. The summed E-state index contributed by atoms with van der Waals surface area (Å²) < 4.78 is 29.8. The maximum absolute atomic E-state index is 12.9. The lowest BCUT2D eigenvalue weighted by molar-refractivity contribution is -0.130. The van der Waals surface area contributed by atoms with Crippen LogP contribution in [0.25, 0.3) is 0 Å². The van der Waals surface area contributed by atoms with E-state index < -0.39 is 9.84 Å². The Morgan fingerprint density at radius 2 is 2.00 bits per heavy atom. The highest BCUT2D eigenvalue weighted by Crippen LogP contribution is 2.34. The van der Waals surface area contributed by atoms with E-state index in [2.05, 4.69) is 13.8 Å². The summed E-state index contributed by atoms with van der Waals surface area (Å²) in [7, 11) is -3.53. The molecule has 1 heterocycles. The number of amides is 1. The third-order valence-electron chi connectivity index (χ3n) is 4.58. The standard InChI is InChI=1S/C15H25NO4S/c1-5-10(2)11(3)16(13-6-7-13)15(17)14-12(4)20-8-9-21(14,18)19/h10-11,13H,5-9H2,1-4H3/t10-,11+/m0/s1. The number of sulfone groups is 1. The highest BCUT2D eigenvalue weighted by molar-refractivity contribution is 7.96. The molecule has 0 saturated heterocycles. The molecule has 6 heteroatoms. The van der Waals surface area contributed by atoms with Crippen molar-refractivity contribution < 1.29 is 17.9 Å². The van der Waals surface area contributed by atoms with Gasteiger partial charge in [-0.25, -0.2) is 8.42 Å². The molecule has 0 bridgehead atoms. The van der Waals surface area contributed by atoms with Gasteiger partial charge in [0.2, 0.25) is 0 Å². The average Bonchev–Trinajstić information content (AvgIpc) is 3.21. The first-order valence-electron chi connectivity index (χ1n) is 7.68. The van der Waals surface area contributed by atoms with E-state index in [1.807, 2.05) is 6.92 Å². The Morgan fingerprint density at radius 3 is 2.48 bits per heavy atom. The minimum Gasteiger partial charge on any atom is -0.496 e. The van der Waals surface area contributed by atoms with E-state index in [1.54, 1.807) is 11.8 Å². The molecule has 0 aromatic carbocycles. The number of hydrogen-bond donors (Lipinski definition) is 0. The molecule has 5 nitrogen and oxygen atoms in total. The molecule has 1 saturated carbocycles. The summed E-state index contributed by atoms with van der Waals surface area (Å²) >= 11 is 0. The van der Waals surface area contributed by atoms with Gasteiger partial charge in [0.25, 0.3) is 5.91 Å². The van der Waals surface area contributed by atoms with Gasteiger partial charge in [0, 0.05) is 12.1 Å². The predicted molar refractivity (Wildman–Crippen MR) is 81.2 cm³/mol. The van der Waals surface area contributed by atoms with E-state index in [1.165, 1.54) is 0 Å². The lowest BCUT2D eigenvalue weighted by Gasteiger charge is -2.34. The molecule has 120 valence electrons. The molecular formula is C15H25NO4S. The maximum Gasteiger partial charge on any atom is 0.269 e. The van der Waals surface area contributed by atoms with Crippen LogP contribution in [-0.4, -0.2) is 43.7 Å². The number of carbonyl (C=O) groups is 1. The zero-order valence-corrected chi connectivity index (χ0v) is 14.1. The SMILES string of the molecule is CC[C@H](C)[C@@H](C)N(C(=O)C1=C(C)OCCS1(=O)=O)C1CC1. The van der Waals surface area contributed by atoms with Crippen LogP contribution < -0.4 is 0 Å². The average molecular weight is 315 g/mol. The van der Waals surface area contributed by atoms with Gasteiger partial charge in [-0.3, -0.25) is 4.79 Å². The van der Waals surface area contributed by atoms with Gasteiger partial charge in [-0.05, 0) is 32.6 Å². The first-order chi connectivity index (χ1) is 9.79. The Labute approximate surface area is 127 Å². The molecule has 2 atom stereocenters. The molecule has 0 spiro atoms. The van der Waals surface area contributed by atoms with Gasteiger partial charge >= 0.3 is 0 Å². The van der Waals surface area contributed by atoms with Crippen LogP contribution in [0, 0.1) is 5.92 Å². The van der Waals surface area contributed by atoms with Crippen LogP contribution in [0.4, 0.5) is 0 Å². The Bertz CT molecular complexity index is 548. The summed E-state index contributed by atoms with van der Waals surface area (Å²) in [6, 6.07) is 0.214. The molecule has 1 aliphatic heterocycles. The second-order valence-electron chi connectivity index (χ2n) is 6.12. The molecular weight excluding hydrogens is 290 g/mol. The van der Waals surface area contributed by atoms with Gasteiger partial charge in [-0.15, -0.1) is 0 Å². The van der Waals surface area contributed by atoms with E-state index in [0.717, 1.165) is 19.3 Å². The Morgan fingerprint density at radius 1 is 1.38 bits per heavy atom. The van der Waals surface area contributed by atoms with Crippen molar-refractivity contribution in [3.8, 4) is 0 Å². The highest BCUT2D eigenvalue weighted by Gasteiger charge is 2.43. The summed E-state index contributed by atoms with van der Waals surface area (Å²) in [5.41, 5.74) is 0. The lowest BCUT2D eigenvalue weighted by Crippen LogP contribution is -2.46. The van der Waals surface area contributed by atoms with E-state index >= 15 is 0 Å². The van der Waals surface area contributed by atoms with Crippen molar-refractivity contribution in [2.75, 3.05) is 12.4 Å². The molecule has 2 aliphatic rings. The molecule has 0 radical (unpaired) electrons. The molecule has 1 fully saturated rings. The van der Waals surface area contributed by atoms with E-state index in [9.17, 15) is 13.2 Å². The van der Waals surface area contributed by atoms with Gasteiger partial charge in [0.1, 0.15) is 12.4 Å². The smallest absolute Gasteiger partial charge is 0.269 e. The second-order valence-corrected chi connectivity index (χ2v) is 8.17. The largest absolute Gasteiger partial charge is 0.496 e. The van der Waals surface area contributed by atoms with Crippen molar-refractivity contribution >= 4 is 15.7 Å². The number of nitrogens with zero attached hydrogens (tertiary/aromatic N) is 1. The second kappa shape index (κ2) is 5.99. The van der Waals surface area contributed by atoms with Gasteiger partial charge in [-0.1, -0.05) is 20.3 Å². The van der Waals surface area contributed by atoms with Crippen LogP contribution in [0.1, 0.15) is 47.0 Å². The zero-order valence-electron chi connectivity index (χ0n) is 13.3. The first kappa shape index (κ1) is 16.3. The molecule has 0 aromatic heterocycles. The summed E-state index contributed by atoms with van der Waals surface area (Å²) in [4.78, 5) is 14.5. The fourth-order valence-corrected chi connectivity index (χ4v) is 4.12. The minimum absolute atomic E-state index is 0.0347. The lowest BCUT2D eigenvalue weighted by atomic mass is 9.99. The van der Waals surface area contributed by atoms with Crippen molar-refractivity contribution in [1.29, 1.82) is 0 Å². The summed E-state index contributed by atoms with van der Waals surface area (Å²) in [6.07, 6.45) is 2.87. The Balaban J connectivity index is 2.35. The summed E-state index contributed by atoms with van der Waals surface area (Å²) in [5, 5.41) is 0. The topological polar surface area (TPSA) is 63.7 Å². The molecule has 1 aliphatic carbocycles. The highest BCUT2D eigenvalue weighted by atomic mass is 32.2. The van der Waals surface area contributed by atoms with E-state index in [-0.39, 0.29) is 41.0 Å². The fourth-order valence-electron chi connectivity index (χ4n) is 2.74. The van der Waals surface area contributed by atoms with E-state index in [0.29, 0.717) is 5.92 Å². The van der Waals surface area contributed by atoms with Crippen LogP contribution in [0.3, 0.4) is 0 Å². The molecule has 21 heavy (non-hydrogen) atoms. The van der Waals surface area contributed by atoms with Gasteiger partial charge in [-0.2, -0.15) is 0 Å². The fraction of sp³-hybridized carbons (Fsp3) is 0.800. The molecule has 0 aromatic rings. The van der Waals surface area contributed by atoms with Crippen LogP contribution >= 0.6 is 0 Å². The van der Waals surface area contributed by atoms with Crippen molar-refractivity contribution in [3.05, 3.63) is 10.7 Å². The minimum atomic E-state index is -3.53. The molecule has 2 rings (SSSR count). The van der Waals surface area contributed by atoms with Crippen molar-refractivity contribution in [1.82, 2.24) is 4.90 Å². The third-order valence-corrected chi connectivity index (χ3v) is 6.36. The van der Waals surface area contributed by atoms with Crippen molar-refractivity contribution in [2.24, 2.45) is 5.92 Å². The quantitative estimate of drug-likeness (QED) is 0.779. The van der Waals surface area contributed by atoms with Crippen molar-refractivity contribution in [3.63, 3.8) is 0 Å². The van der Waals surface area contributed by atoms with Crippen LogP contribution in [-0.2, 0) is 19.4 Å². The number of rotatable bonds is 5. The predicted octanol–water partition coefficient (Wildman–Crippen LogP) is 2.09. The van der Waals surface area contributed by atoms with Crippen LogP contribution in [0.2, 0.25) is 0 Å².